The van der Waals surface area contributed by atoms with Crippen LogP contribution in [0.4, 0.5) is 8.78 Å². The number of rotatable bonds is 2. The van der Waals surface area contributed by atoms with Gasteiger partial charge >= 0.3 is 0 Å². The van der Waals surface area contributed by atoms with E-state index in [0.29, 0.717) is 6.29 Å². The molecule has 0 bridgehead atoms. The van der Waals surface area contributed by atoms with Gasteiger partial charge in [0.2, 0.25) is 0 Å². The van der Waals surface area contributed by atoms with Crippen LogP contribution in [0.15, 0.2) is 16.9 Å². The third-order valence-corrected chi connectivity index (χ3v) is 1.95. The van der Waals surface area contributed by atoms with Crippen LogP contribution in [0, 0.1) is 0 Å². The Morgan fingerprint density at radius 2 is 2.25 bits per heavy atom. The Bertz CT molecular complexity index is 303. The van der Waals surface area contributed by atoms with Crippen molar-refractivity contribution in [1.82, 2.24) is 4.98 Å². The first-order chi connectivity index (χ1) is 5.66. The fourth-order valence-electron chi connectivity index (χ4n) is 0.780. The summed E-state index contributed by atoms with van der Waals surface area (Å²) in [4.78, 5) is 13.9. The van der Waals surface area contributed by atoms with Crippen molar-refractivity contribution in [3.05, 3.63) is 28.0 Å². The van der Waals surface area contributed by atoms with Gasteiger partial charge in [-0.15, -0.1) is 0 Å². The highest BCUT2D eigenvalue weighted by Gasteiger charge is 2.16. The third-order valence-electron chi connectivity index (χ3n) is 1.32. The molecule has 0 radical (unpaired) electrons. The number of pyridine rings is 1. The highest BCUT2D eigenvalue weighted by atomic mass is 79.9. The topological polar surface area (TPSA) is 30.0 Å². The van der Waals surface area contributed by atoms with Crippen molar-refractivity contribution < 1.29 is 13.6 Å². The number of aromatic nitrogens is 1. The summed E-state index contributed by atoms with van der Waals surface area (Å²) < 4.78 is 24.5. The maximum Gasteiger partial charge on any atom is 0.267 e. The quantitative estimate of drug-likeness (QED) is 0.583. The van der Waals surface area contributed by atoms with Gasteiger partial charge < -0.3 is 0 Å². The van der Waals surface area contributed by atoms with Crippen LogP contribution in [0.2, 0.25) is 0 Å². The molecular weight excluding hydrogens is 232 g/mol. The molecule has 1 heterocycles. The summed E-state index contributed by atoms with van der Waals surface area (Å²) in [7, 11) is 0. The number of carbonyl (C=O) groups is 1. The van der Waals surface area contributed by atoms with Crippen LogP contribution in [-0.4, -0.2) is 11.3 Å². The molecule has 0 spiro atoms. The van der Waals surface area contributed by atoms with Crippen molar-refractivity contribution in [3.63, 3.8) is 0 Å². The molecule has 0 fully saturated rings. The number of nitrogens with zero attached hydrogens (tertiary/aromatic N) is 1. The lowest BCUT2D eigenvalue weighted by atomic mass is 10.2. The average molecular weight is 236 g/mol. The first-order valence-electron chi connectivity index (χ1n) is 3.04. The highest BCUT2D eigenvalue weighted by Crippen LogP contribution is 2.27. The van der Waals surface area contributed by atoms with Crippen LogP contribution >= 0.6 is 15.9 Å². The van der Waals surface area contributed by atoms with Gasteiger partial charge in [-0.1, -0.05) is 0 Å². The molecule has 0 saturated heterocycles. The standard InChI is InChI=1S/C7H4BrF2NO/c8-6-5(7(9)10)4(3-12)1-2-11-6/h1-3,7H. The molecule has 12 heavy (non-hydrogen) atoms. The van der Waals surface area contributed by atoms with E-state index in [1.165, 1.54) is 12.3 Å². The van der Waals surface area contributed by atoms with Gasteiger partial charge in [-0.05, 0) is 22.0 Å². The molecule has 0 unspecified atom stereocenters. The molecule has 0 aromatic carbocycles. The van der Waals surface area contributed by atoms with E-state index in [-0.39, 0.29) is 15.7 Å². The van der Waals surface area contributed by atoms with Crippen molar-refractivity contribution in [3.8, 4) is 0 Å². The first-order valence-corrected chi connectivity index (χ1v) is 3.84. The van der Waals surface area contributed by atoms with Crippen molar-refractivity contribution >= 4 is 22.2 Å². The van der Waals surface area contributed by atoms with Crippen molar-refractivity contribution in [1.29, 1.82) is 0 Å². The Hall–Kier alpha value is -0.840. The van der Waals surface area contributed by atoms with Crippen molar-refractivity contribution in [2.75, 3.05) is 0 Å². The van der Waals surface area contributed by atoms with Gasteiger partial charge in [-0.25, -0.2) is 13.8 Å². The Balaban J connectivity index is 3.29. The number of hydrogen-bond donors (Lipinski definition) is 0. The molecule has 2 nitrogen and oxygen atoms in total. The summed E-state index contributed by atoms with van der Waals surface area (Å²) in [5, 5.41) is 0. The van der Waals surface area contributed by atoms with E-state index >= 15 is 0 Å². The van der Waals surface area contributed by atoms with Gasteiger partial charge in [0.15, 0.2) is 6.29 Å². The van der Waals surface area contributed by atoms with Crippen LogP contribution in [0.5, 0.6) is 0 Å². The monoisotopic (exact) mass is 235 g/mol. The zero-order chi connectivity index (χ0) is 9.14. The van der Waals surface area contributed by atoms with Crippen molar-refractivity contribution in [2.24, 2.45) is 0 Å². The third kappa shape index (κ3) is 1.66. The smallest absolute Gasteiger partial charge is 0.267 e. The molecule has 1 rings (SSSR count). The van der Waals surface area contributed by atoms with Gasteiger partial charge in [0, 0.05) is 11.8 Å². The zero-order valence-electron chi connectivity index (χ0n) is 5.80. The van der Waals surface area contributed by atoms with Crippen molar-refractivity contribution in [2.45, 2.75) is 6.43 Å². The second-order valence-electron chi connectivity index (χ2n) is 2.02. The second-order valence-corrected chi connectivity index (χ2v) is 2.77. The lowest BCUT2D eigenvalue weighted by molar-refractivity contribution is 0.110. The minimum atomic E-state index is -2.69. The summed E-state index contributed by atoms with van der Waals surface area (Å²) in [5.41, 5.74) is -0.389. The molecule has 5 heteroatoms. The van der Waals surface area contributed by atoms with E-state index in [1.54, 1.807) is 0 Å². The van der Waals surface area contributed by atoms with Gasteiger partial charge in [0.1, 0.15) is 4.60 Å². The van der Waals surface area contributed by atoms with E-state index in [1.807, 2.05) is 0 Å². The molecule has 0 aliphatic carbocycles. The summed E-state index contributed by atoms with van der Waals surface area (Å²) in [6.07, 6.45) is -1.01. The molecule has 0 saturated carbocycles. The molecule has 0 atom stereocenters. The number of aldehydes is 1. The zero-order valence-corrected chi connectivity index (χ0v) is 7.38. The number of hydrogen-bond acceptors (Lipinski definition) is 2. The molecule has 0 aliphatic heterocycles. The maximum absolute atomic E-state index is 12.2. The first kappa shape index (κ1) is 9.25. The Morgan fingerprint density at radius 3 is 2.67 bits per heavy atom. The SMILES string of the molecule is O=Cc1ccnc(Br)c1C(F)F. The second kappa shape index (κ2) is 3.71. The van der Waals surface area contributed by atoms with Gasteiger partial charge in [0.05, 0.1) is 5.56 Å². The minimum Gasteiger partial charge on any atom is -0.298 e. The predicted molar refractivity (Wildman–Crippen MR) is 42.3 cm³/mol. The van der Waals surface area contributed by atoms with Crippen LogP contribution < -0.4 is 0 Å². The van der Waals surface area contributed by atoms with Crippen LogP contribution in [-0.2, 0) is 0 Å². The summed E-state index contributed by atoms with van der Waals surface area (Å²) in [5.74, 6) is 0. The number of alkyl halides is 2. The molecular formula is C7H4BrF2NO. The minimum absolute atomic E-state index is 0.0158. The summed E-state index contributed by atoms with van der Waals surface area (Å²) in [6.45, 7) is 0. The Morgan fingerprint density at radius 1 is 1.58 bits per heavy atom. The maximum atomic E-state index is 12.2. The fourth-order valence-corrected chi connectivity index (χ4v) is 1.30. The Kier molecular flexibility index (Phi) is 2.86. The van der Waals surface area contributed by atoms with E-state index in [0.717, 1.165) is 0 Å². The summed E-state index contributed by atoms with van der Waals surface area (Å²) in [6, 6.07) is 1.25. The van der Waals surface area contributed by atoms with Gasteiger partial charge in [0.25, 0.3) is 6.43 Å². The van der Waals surface area contributed by atoms with Crippen LogP contribution in [0.1, 0.15) is 22.3 Å². The molecule has 0 amide bonds. The van der Waals surface area contributed by atoms with E-state index in [2.05, 4.69) is 20.9 Å². The fraction of sp³-hybridized carbons (Fsp3) is 0.143. The lowest BCUT2D eigenvalue weighted by Crippen LogP contribution is -1.96. The van der Waals surface area contributed by atoms with Crippen LogP contribution in [0.3, 0.4) is 0 Å². The van der Waals surface area contributed by atoms with E-state index in [4.69, 9.17) is 0 Å². The molecule has 0 aliphatic rings. The molecule has 1 aromatic rings. The normalized spacial score (nSPS) is 10.3. The lowest BCUT2D eigenvalue weighted by Gasteiger charge is -2.03. The van der Waals surface area contributed by atoms with Crippen LogP contribution in [0.25, 0.3) is 0 Å². The van der Waals surface area contributed by atoms with Gasteiger partial charge in [-0.2, -0.15) is 0 Å². The van der Waals surface area contributed by atoms with Gasteiger partial charge in [-0.3, -0.25) is 4.79 Å². The number of halogens is 3. The number of carbonyl (C=O) groups excluding carboxylic acids is 1. The largest absolute Gasteiger partial charge is 0.298 e. The highest BCUT2D eigenvalue weighted by molar-refractivity contribution is 9.10. The van der Waals surface area contributed by atoms with E-state index < -0.39 is 6.43 Å². The predicted octanol–water partition coefficient (Wildman–Crippen LogP) is 2.59. The molecule has 64 valence electrons. The van der Waals surface area contributed by atoms with E-state index in [9.17, 15) is 13.6 Å². The summed E-state index contributed by atoms with van der Waals surface area (Å²) >= 11 is 2.84. The average Bonchev–Trinajstić information content (AvgIpc) is 2.03. The molecule has 1 aromatic heterocycles. The Labute approximate surface area is 75.7 Å². The molecule has 0 N–H and O–H groups in total.